The smallest absolute Gasteiger partial charge is 0.309 e. The SMILES string of the molecule is CO.NC(N)=O. The fourth-order valence-electron chi connectivity index (χ4n) is 0. The van der Waals surface area contributed by atoms with Gasteiger partial charge < -0.3 is 16.6 Å². The lowest BCUT2D eigenvalue weighted by Gasteiger charge is -1.62. The lowest BCUT2D eigenvalue weighted by atomic mass is 11.2. The summed E-state index contributed by atoms with van der Waals surface area (Å²) in [4.78, 5) is 9.00. The molecule has 0 radical (unpaired) electrons. The largest absolute Gasteiger partial charge is 0.400 e. The van der Waals surface area contributed by atoms with Crippen molar-refractivity contribution < 1.29 is 9.90 Å². The number of aliphatic hydroxyl groups excluding tert-OH is 1. The number of carbonyl (C=O) groups excluding carboxylic acids is 1. The number of amides is 2. The molecule has 0 spiro atoms. The average Bonchev–Trinajstić information content (AvgIpc) is 1.41. The van der Waals surface area contributed by atoms with E-state index in [-0.39, 0.29) is 0 Å². The predicted molar refractivity (Wildman–Crippen MR) is 21.9 cm³/mol. The number of nitrogens with two attached hydrogens (primary N) is 2. The Labute approximate surface area is 35.7 Å². The topological polar surface area (TPSA) is 89.3 Å². The average molecular weight is 92.1 g/mol. The molecular formula is C2H8N2O2. The van der Waals surface area contributed by atoms with Gasteiger partial charge in [-0.2, -0.15) is 0 Å². The molecule has 0 bridgehead atoms. The second kappa shape index (κ2) is 8.87. The maximum absolute atomic E-state index is 9.00. The highest BCUT2D eigenvalue weighted by atomic mass is 16.2. The number of rotatable bonds is 0. The third kappa shape index (κ3) is 27.1. The maximum Gasteiger partial charge on any atom is 0.309 e. The first-order valence-electron chi connectivity index (χ1n) is 1.23. The van der Waals surface area contributed by atoms with Gasteiger partial charge in [-0.05, 0) is 0 Å². The van der Waals surface area contributed by atoms with Crippen molar-refractivity contribution in [1.82, 2.24) is 0 Å². The fraction of sp³-hybridized carbons (Fsp3) is 0.500. The van der Waals surface area contributed by atoms with Crippen molar-refractivity contribution >= 4 is 6.03 Å². The Kier molecular flexibility index (Phi) is 13.3. The van der Waals surface area contributed by atoms with Gasteiger partial charge in [0.2, 0.25) is 0 Å². The highest BCUT2D eigenvalue weighted by molar-refractivity contribution is 5.69. The Hall–Kier alpha value is -0.770. The van der Waals surface area contributed by atoms with Gasteiger partial charge in [0, 0.05) is 7.11 Å². The van der Waals surface area contributed by atoms with E-state index >= 15 is 0 Å². The minimum atomic E-state index is -0.833. The zero-order valence-electron chi connectivity index (χ0n) is 3.51. The molecule has 2 amide bonds. The highest BCUT2D eigenvalue weighted by Crippen LogP contribution is 1.25. The van der Waals surface area contributed by atoms with Crippen molar-refractivity contribution in [3.05, 3.63) is 0 Å². The summed E-state index contributed by atoms with van der Waals surface area (Å²) in [7, 11) is 1.00. The zero-order valence-corrected chi connectivity index (χ0v) is 3.51. The van der Waals surface area contributed by atoms with Crippen LogP contribution < -0.4 is 11.5 Å². The molecule has 0 unspecified atom stereocenters. The molecule has 0 aliphatic rings. The lowest BCUT2D eigenvalue weighted by molar-refractivity contribution is 0.256. The third-order valence-electron chi connectivity index (χ3n) is 0. The van der Waals surface area contributed by atoms with Crippen molar-refractivity contribution in [1.29, 1.82) is 0 Å². The van der Waals surface area contributed by atoms with Crippen molar-refractivity contribution in [3.8, 4) is 0 Å². The Balaban J connectivity index is 0. The van der Waals surface area contributed by atoms with Crippen LogP contribution in [0.25, 0.3) is 0 Å². The van der Waals surface area contributed by atoms with E-state index in [1.165, 1.54) is 0 Å². The van der Waals surface area contributed by atoms with E-state index in [4.69, 9.17) is 9.90 Å². The maximum atomic E-state index is 9.00. The van der Waals surface area contributed by atoms with Crippen LogP contribution in [0.3, 0.4) is 0 Å². The Morgan fingerprint density at radius 2 is 1.50 bits per heavy atom. The van der Waals surface area contributed by atoms with Crippen LogP contribution in [0, 0.1) is 0 Å². The van der Waals surface area contributed by atoms with E-state index < -0.39 is 6.03 Å². The quantitative estimate of drug-likeness (QED) is 0.344. The second-order valence-corrected chi connectivity index (χ2v) is 0.402. The molecule has 0 saturated heterocycles. The summed E-state index contributed by atoms with van der Waals surface area (Å²) in [5.41, 5.74) is 8.50. The summed E-state index contributed by atoms with van der Waals surface area (Å²) >= 11 is 0. The third-order valence-corrected chi connectivity index (χ3v) is 0. The molecule has 0 aliphatic carbocycles. The van der Waals surface area contributed by atoms with Crippen LogP contribution in [0.2, 0.25) is 0 Å². The van der Waals surface area contributed by atoms with Gasteiger partial charge in [0.15, 0.2) is 0 Å². The normalized spacial score (nSPS) is 5.00. The van der Waals surface area contributed by atoms with Crippen molar-refractivity contribution in [2.24, 2.45) is 11.5 Å². The van der Waals surface area contributed by atoms with E-state index in [0.29, 0.717) is 0 Å². The summed E-state index contributed by atoms with van der Waals surface area (Å²) in [5, 5.41) is 7.00. The molecule has 0 aromatic rings. The summed E-state index contributed by atoms with van der Waals surface area (Å²) in [6.45, 7) is 0. The second-order valence-electron chi connectivity index (χ2n) is 0.402. The predicted octanol–water partition coefficient (Wildman–Crippen LogP) is -1.37. The van der Waals surface area contributed by atoms with Gasteiger partial charge in [0.1, 0.15) is 0 Å². The van der Waals surface area contributed by atoms with Crippen molar-refractivity contribution in [3.63, 3.8) is 0 Å². The zero-order chi connectivity index (χ0) is 5.58. The van der Waals surface area contributed by atoms with Gasteiger partial charge in [0.05, 0.1) is 0 Å². The molecular weight excluding hydrogens is 84.0 g/mol. The van der Waals surface area contributed by atoms with Crippen LogP contribution in [0.4, 0.5) is 4.79 Å². The summed E-state index contributed by atoms with van der Waals surface area (Å²) in [6, 6.07) is -0.833. The van der Waals surface area contributed by atoms with Crippen LogP contribution in [0.5, 0.6) is 0 Å². The minimum absolute atomic E-state index is 0.833. The molecule has 0 fully saturated rings. The van der Waals surface area contributed by atoms with E-state index in [0.717, 1.165) is 7.11 Å². The molecule has 4 heteroatoms. The molecule has 0 rings (SSSR count). The number of primary amides is 2. The monoisotopic (exact) mass is 92.1 g/mol. The van der Waals surface area contributed by atoms with E-state index in [9.17, 15) is 0 Å². The summed E-state index contributed by atoms with van der Waals surface area (Å²) in [6.07, 6.45) is 0. The molecule has 5 N–H and O–H groups in total. The number of aliphatic hydroxyl groups is 1. The fourth-order valence-corrected chi connectivity index (χ4v) is 0. The highest BCUT2D eigenvalue weighted by Gasteiger charge is 1.60. The molecule has 4 nitrogen and oxygen atoms in total. The van der Waals surface area contributed by atoms with Crippen LogP contribution in [0.15, 0.2) is 0 Å². The van der Waals surface area contributed by atoms with Crippen molar-refractivity contribution in [2.45, 2.75) is 0 Å². The van der Waals surface area contributed by atoms with Gasteiger partial charge in [-0.25, -0.2) is 4.79 Å². The number of hydrogen-bond acceptors (Lipinski definition) is 2. The Bertz CT molecular complexity index is 32.5. The molecule has 0 heterocycles. The first-order chi connectivity index (χ1) is 2.73. The molecule has 0 atom stereocenters. The lowest BCUT2D eigenvalue weighted by Crippen LogP contribution is -2.18. The summed E-state index contributed by atoms with van der Waals surface area (Å²) < 4.78 is 0. The van der Waals surface area contributed by atoms with Gasteiger partial charge in [0.25, 0.3) is 0 Å². The molecule has 0 aromatic heterocycles. The molecule has 0 saturated carbocycles. The first kappa shape index (κ1) is 8.97. The van der Waals surface area contributed by atoms with Gasteiger partial charge >= 0.3 is 6.03 Å². The van der Waals surface area contributed by atoms with Crippen LogP contribution in [0.1, 0.15) is 0 Å². The standard InChI is InChI=1S/CH4N2O.CH4O/c2-1(3)4;1-2/h(H4,2,3,4);2H,1H3. The number of urea groups is 1. The van der Waals surface area contributed by atoms with Crippen LogP contribution >= 0.6 is 0 Å². The van der Waals surface area contributed by atoms with Crippen molar-refractivity contribution in [2.75, 3.05) is 7.11 Å². The number of carbonyl (C=O) groups is 1. The molecule has 0 aromatic carbocycles. The van der Waals surface area contributed by atoms with Crippen LogP contribution in [-0.2, 0) is 0 Å². The van der Waals surface area contributed by atoms with E-state index in [1.807, 2.05) is 0 Å². The molecule has 6 heavy (non-hydrogen) atoms. The van der Waals surface area contributed by atoms with Gasteiger partial charge in [-0.15, -0.1) is 0 Å². The van der Waals surface area contributed by atoms with E-state index in [1.54, 1.807) is 0 Å². The Morgan fingerprint density at radius 1 is 1.50 bits per heavy atom. The minimum Gasteiger partial charge on any atom is -0.400 e. The van der Waals surface area contributed by atoms with Gasteiger partial charge in [-0.3, -0.25) is 0 Å². The first-order valence-corrected chi connectivity index (χ1v) is 1.23. The number of hydrogen-bond donors (Lipinski definition) is 3. The van der Waals surface area contributed by atoms with Gasteiger partial charge in [-0.1, -0.05) is 0 Å². The van der Waals surface area contributed by atoms with Crippen LogP contribution in [-0.4, -0.2) is 18.2 Å². The molecule has 38 valence electrons. The Morgan fingerprint density at radius 3 is 1.50 bits per heavy atom. The molecule has 0 aliphatic heterocycles. The summed E-state index contributed by atoms with van der Waals surface area (Å²) in [5.74, 6) is 0. The van der Waals surface area contributed by atoms with E-state index in [2.05, 4.69) is 11.5 Å².